The van der Waals surface area contributed by atoms with Crippen molar-refractivity contribution in [2.75, 3.05) is 11.9 Å². The van der Waals surface area contributed by atoms with Gasteiger partial charge in [0.15, 0.2) is 0 Å². The molecule has 64 valence electrons. The van der Waals surface area contributed by atoms with Crippen LogP contribution in [0.3, 0.4) is 0 Å². The number of halogens is 1. The predicted octanol–water partition coefficient (Wildman–Crippen LogP) is 2.28. The van der Waals surface area contributed by atoms with Crippen molar-refractivity contribution in [3.63, 3.8) is 0 Å². The highest BCUT2D eigenvalue weighted by atomic mass is 79.9. The summed E-state index contributed by atoms with van der Waals surface area (Å²) in [6.45, 7) is 6.08. The number of rotatable bonds is 5. The zero-order chi connectivity index (χ0) is 8.69. The van der Waals surface area contributed by atoms with Gasteiger partial charge in [0.25, 0.3) is 0 Å². The predicted molar refractivity (Wildman–Crippen MR) is 48.8 cm³/mol. The summed E-state index contributed by atoms with van der Waals surface area (Å²) >= 11 is 3.12. The summed E-state index contributed by atoms with van der Waals surface area (Å²) in [6, 6.07) is 0. The van der Waals surface area contributed by atoms with Crippen molar-refractivity contribution in [2.45, 2.75) is 19.8 Å². The van der Waals surface area contributed by atoms with Gasteiger partial charge in [0.1, 0.15) is 0 Å². The Balaban J connectivity index is 3.44. The minimum atomic E-state index is -0.296. The summed E-state index contributed by atoms with van der Waals surface area (Å²) < 4.78 is 4.87. The summed E-state index contributed by atoms with van der Waals surface area (Å²) in [5.74, 6) is -0.296. The summed E-state index contributed by atoms with van der Waals surface area (Å²) in [6.07, 6.45) is 1.95. The zero-order valence-electron chi connectivity index (χ0n) is 6.73. The van der Waals surface area contributed by atoms with E-state index in [4.69, 9.17) is 4.74 Å². The Hall–Kier alpha value is -0.310. The molecule has 0 aromatic carbocycles. The second-order valence-electron chi connectivity index (χ2n) is 2.23. The first kappa shape index (κ1) is 10.7. The molecule has 0 aliphatic heterocycles. The largest absolute Gasteiger partial charge is 0.462 e. The van der Waals surface area contributed by atoms with E-state index in [1.807, 2.05) is 6.92 Å². The van der Waals surface area contributed by atoms with Gasteiger partial charge in [0.2, 0.25) is 0 Å². The van der Waals surface area contributed by atoms with Crippen LogP contribution in [-0.2, 0) is 9.53 Å². The van der Waals surface area contributed by atoms with E-state index >= 15 is 0 Å². The Morgan fingerprint density at radius 3 is 2.73 bits per heavy atom. The van der Waals surface area contributed by atoms with Crippen molar-refractivity contribution in [1.82, 2.24) is 0 Å². The molecule has 0 rings (SSSR count). The molecule has 0 bridgehead atoms. The SMILES string of the molecule is C=C(CBr)C(=O)OCCCC. The van der Waals surface area contributed by atoms with Gasteiger partial charge in [-0.1, -0.05) is 35.9 Å². The van der Waals surface area contributed by atoms with Gasteiger partial charge >= 0.3 is 5.97 Å². The van der Waals surface area contributed by atoms with Crippen molar-refractivity contribution in [3.05, 3.63) is 12.2 Å². The molecule has 0 aliphatic carbocycles. The smallest absolute Gasteiger partial charge is 0.334 e. The summed E-state index contributed by atoms with van der Waals surface area (Å²) in [5.41, 5.74) is 0.473. The number of esters is 1. The first-order valence-electron chi connectivity index (χ1n) is 3.63. The first-order valence-corrected chi connectivity index (χ1v) is 4.75. The lowest BCUT2D eigenvalue weighted by molar-refractivity contribution is -0.138. The zero-order valence-corrected chi connectivity index (χ0v) is 8.32. The molecule has 0 N–H and O–H groups in total. The number of hydrogen-bond acceptors (Lipinski definition) is 2. The fourth-order valence-corrected chi connectivity index (χ4v) is 0.695. The van der Waals surface area contributed by atoms with Gasteiger partial charge in [-0.3, -0.25) is 0 Å². The molecule has 0 radical (unpaired) electrons. The maximum atomic E-state index is 10.9. The van der Waals surface area contributed by atoms with Gasteiger partial charge in [0, 0.05) is 10.9 Å². The van der Waals surface area contributed by atoms with Crippen LogP contribution < -0.4 is 0 Å². The lowest BCUT2D eigenvalue weighted by atomic mass is 10.3. The van der Waals surface area contributed by atoms with Crippen molar-refractivity contribution < 1.29 is 9.53 Å². The van der Waals surface area contributed by atoms with Crippen molar-refractivity contribution in [1.29, 1.82) is 0 Å². The van der Waals surface area contributed by atoms with E-state index < -0.39 is 0 Å². The van der Waals surface area contributed by atoms with Gasteiger partial charge in [-0.05, 0) is 6.42 Å². The third-order valence-corrected chi connectivity index (χ3v) is 1.86. The van der Waals surface area contributed by atoms with E-state index in [2.05, 4.69) is 22.5 Å². The Bertz CT molecular complexity index is 143. The Morgan fingerprint density at radius 2 is 2.27 bits per heavy atom. The maximum Gasteiger partial charge on any atom is 0.334 e. The summed E-state index contributed by atoms with van der Waals surface area (Å²) in [4.78, 5) is 10.9. The molecule has 0 fully saturated rings. The number of alkyl halides is 1. The second kappa shape index (κ2) is 6.40. The number of hydrogen-bond donors (Lipinski definition) is 0. The topological polar surface area (TPSA) is 26.3 Å². The van der Waals surface area contributed by atoms with Gasteiger partial charge in [-0.25, -0.2) is 4.79 Å². The second-order valence-corrected chi connectivity index (χ2v) is 2.79. The molecule has 11 heavy (non-hydrogen) atoms. The molecule has 0 spiro atoms. The van der Waals surface area contributed by atoms with Gasteiger partial charge in [0.05, 0.1) is 6.61 Å². The third-order valence-electron chi connectivity index (χ3n) is 1.18. The number of unbranched alkanes of at least 4 members (excludes halogenated alkanes) is 1. The van der Waals surface area contributed by atoms with Gasteiger partial charge in [-0.15, -0.1) is 0 Å². The molecule has 0 heterocycles. The number of carbonyl (C=O) groups is 1. The molecule has 0 aromatic rings. The van der Waals surface area contributed by atoms with Crippen molar-refractivity contribution in [2.24, 2.45) is 0 Å². The van der Waals surface area contributed by atoms with Gasteiger partial charge in [-0.2, -0.15) is 0 Å². The molecular weight excluding hydrogens is 208 g/mol. The fraction of sp³-hybridized carbons (Fsp3) is 0.625. The van der Waals surface area contributed by atoms with E-state index in [0.717, 1.165) is 12.8 Å². The van der Waals surface area contributed by atoms with Crippen molar-refractivity contribution in [3.8, 4) is 0 Å². The highest BCUT2D eigenvalue weighted by Gasteiger charge is 2.04. The van der Waals surface area contributed by atoms with E-state index in [-0.39, 0.29) is 5.97 Å². The molecule has 0 saturated heterocycles. The standard InChI is InChI=1S/C8H13BrO2/c1-3-4-5-11-8(10)7(2)6-9/h2-6H2,1H3. The first-order chi connectivity index (χ1) is 5.22. The van der Waals surface area contributed by atoms with E-state index in [9.17, 15) is 4.79 Å². The summed E-state index contributed by atoms with van der Waals surface area (Å²) in [5, 5.41) is 0.484. The van der Waals surface area contributed by atoms with Crippen LogP contribution in [0.4, 0.5) is 0 Å². The fourth-order valence-electron chi connectivity index (χ4n) is 0.466. The molecule has 0 atom stereocenters. The molecule has 0 unspecified atom stereocenters. The Morgan fingerprint density at radius 1 is 1.64 bits per heavy atom. The minimum absolute atomic E-state index is 0.296. The maximum absolute atomic E-state index is 10.9. The molecule has 0 aromatic heterocycles. The lowest BCUT2D eigenvalue weighted by Gasteiger charge is -2.02. The van der Waals surface area contributed by atoms with Crippen molar-refractivity contribution >= 4 is 21.9 Å². The van der Waals surface area contributed by atoms with Crippen LogP contribution in [0.5, 0.6) is 0 Å². The van der Waals surface area contributed by atoms with E-state index in [1.54, 1.807) is 0 Å². The number of carbonyl (C=O) groups excluding carboxylic acids is 1. The highest BCUT2D eigenvalue weighted by Crippen LogP contribution is 2.00. The molecule has 0 aliphatic rings. The highest BCUT2D eigenvalue weighted by molar-refractivity contribution is 9.09. The van der Waals surface area contributed by atoms with E-state index in [0.29, 0.717) is 17.5 Å². The molecular formula is C8H13BrO2. The van der Waals surface area contributed by atoms with E-state index in [1.165, 1.54) is 0 Å². The third kappa shape index (κ3) is 5.01. The average Bonchev–Trinajstić information content (AvgIpc) is 2.03. The molecule has 0 amide bonds. The van der Waals surface area contributed by atoms with Crippen LogP contribution in [0.25, 0.3) is 0 Å². The Kier molecular flexibility index (Phi) is 6.22. The lowest BCUT2D eigenvalue weighted by Crippen LogP contribution is -2.08. The van der Waals surface area contributed by atoms with Gasteiger partial charge < -0.3 is 4.74 Å². The Labute approximate surface area is 75.7 Å². The van der Waals surface area contributed by atoms with Crippen LogP contribution in [0.1, 0.15) is 19.8 Å². The summed E-state index contributed by atoms with van der Waals surface area (Å²) in [7, 11) is 0. The quantitative estimate of drug-likeness (QED) is 0.308. The van der Waals surface area contributed by atoms with Crippen LogP contribution in [-0.4, -0.2) is 17.9 Å². The van der Waals surface area contributed by atoms with Crippen LogP contribution in [0.2, 0.25) is 0 Å². The number of ether oxygens (including phenoxy) is 1. The average molecular weight is 221 g/mol. The van der Waals surface area contributed by atoms with Crippen LogP contribution >= 0.6 is 15.9 Å². The molecule has 0 saturated carbocycles. The minimum Gasteiger partial charge on any atom is -0.462 e. The molecule has 2 nitrogen and oxygen atoms in total. The monoisotopic (exact) mass is 220 g/mol. The molecule has 3 heteroatoms. The van der Waals surface area contributed by atoms with Crippen LogP contribution in [0.15, 0.2) is 12.2 Å². The van der Waals surface area contributed by atoms with Crippen LogP contribution in [0, 0.1) is 0 Å². The normalized spacial score (nSPS) is 9.27.